The Morgan fingerprint density at radius 1 is 1.15 bits per heavy atom. The Labute approximate surface area is 113 Å². The first-order valence-corrected chi connectivity index (χ1v) is 7.48. The summed E-state index contributed by atoms with van der Waals surface area (Å²) in [5, 5.41) is 9.81. The molecule has 0 aromatic heterocycles. The molecule has 1 fully saturated rings. The summed E-state index contributed by atoms with van der Waals surface area (Å²) in [6.07, 6.45) is 2.33. The van der Waals surface area contributed by atoms with Crippen LogP contribution < -0.4 is 4.18 Å². The minimum Gasteiger partial charge on any atom is -0.508 e. The highest BCUT2D eigenvalue weighted by atomic mass is 32.2. The number of aromatic hydroxyl groups is 1. The standard InChI is InChI=1S/C12H11F3O4S/c13-12(14,15)20(17,18)19-9-4-3-8(16)10-6-1-2-7(5-6)11(9)10/h3-4,6-7,16H,1-2,5H2. The molecule has 0 heterocycles. The molecule has 8 heteroatoms. The first kappa shape index (κ1) is 13.5. The van der Waals surface area contributed by atoms with Gasteiger partial charge in [0.1, 0.15) is 11.5 Å². The van der Waals surface area contributed by atoms with Gasteiger partial charge in [-0.05, 0) is 43.2 Å². The lowest BCUT2D eigenvalue weighted by Crippen LogP contribution is -2.28. The van der Waals surface area contributed by atoms with Crippen LogP contribution in [0, 0.1) is 0 Å². The van der Waals surface area contributed by atoms with E-state index in [1.807, 2.05) is 0 Å². The van der Waals surface area contributed by atoms with E-state index in [1.165, 1.54) is 6.07 Å². The average Bonchev–Trinajstić information content (AvgIpc) is 2.92. The molecule has 2 unspecified atom stereocenters. The first-order valence-electron chi connectivity index (χ1n) is 6.07. The molecule has 0 aliphatic heterocycles. The maximum Gasteiger partial charge on any atom is 0.534 e. The van der Waals surface area contributed by atoms with Crippen LogP contribution in [0.2, 0.25) is 0 Å². The fraction of sp³-hybridized carbons (Fsp3) is 0.500. The van der Waals surface area contributed by atoms with E-state index in [0.29, 0.717) is 11.1 Å². The van der Waals surface area contributed by atoms with Crippen LogP contribution >= 0.6 is 0 Å². The van der Waals surface area contributed by atoms with E-state index in [4.69, 9.17) is 0 Å². The number of fused-ring (bicyclic) bond motifs is 5. The largest absolute Gasteiger partial charge is 0.534 e. The van der Waals surface area contributed by atoms with Crippen LogP contribution in [0.4, 0.5) is 13.2 Å². The monoisotopic (exact) mass is 308 g/mol. The third kappa shape index (κ3) is 1.85. The number of hydrogen-bond acceptors (Lipinski definition) is 4. The van der Waals surface area contributed by atoms with Crippen LogP contribution in [0.1, 0.15) is 42.2 Å². The van der Waals surface area contributed by atoms with Gasteiger partial charge in [0.05, 0.1) is 0 Å². The lowest BCUT2D eigenvalue weighted by Gasteiger charge is -2.20. The Morgan fingerprint density at radius 2 is 1.75 bits per heavy atom. The van der Waals surface area contributed by atoms with E-state index in [1.54, 1.807) is 0 Å². The lowest BCUT2D eigenvalue weighted by atomic mass is 9.90. The zero-order chi connectivity index (χ0) is 14.7. The van der Waals surface area contributed by atoms with Crippen molar-refractivity contribution in [2.75, 3.05) is 0 Å². The van der Waals surface area contributed by atoms with Crippen LogP contribution in [-0.2, 0) is 10.1 Å². The van der Waals surface area contributed by atoms with Crippen molar-refractivity contribution >= 4 is 10.1 Å². The fourth-order valence-corrected chi connectivity index (χ4v) is 3.68. The van der Waals surface area contributed by atoms with Crippen LogP contribution in [0.5, 0.6) is 11.5 Å². The number of halogens is 3. The van der Waals surface area contributed by atoms with Gasteiger partial charge in [0.15, 0.2) is 0 Å². The summed E-state index contributed by atoms with van der Waals surface area (Å²) < 4.78 is 63.6. The minimum absolute atomic E-state index is 0.0102. The van der Waals surface area contributed by atoms with Gasteiger partial charge in [0, 0.05) is 11.1 Å². The van der Waals surface area contributed by atoms with Crippen molar-refractivity contribution in [1.82, 2.24) is 0 Å². The second kappa shape index (κ2) is 4.03. The molecule has 1 aromatic carbocycles. The molecule has 2 atom stereocenters. The Hall–Kier alpha value is -1.44. The van der Waals surface area contributed by atoms with Gasteiger partial charge in [-0.3, -0.25) is 0 Å². The molecule has 1 N–H and O–H groups in total. The number of phenolic OH excluding ortho intramolecular Hbond substituents is 1. The maximum atomic E-state index is 12.4. The molecule has 0 radical (unpaired) electrons. The topological polar surface area (TPSA) is 63.6 Å². The molecular formula is C12H11F3O4S. The minimum atomic E-state index is -5.68. The Balaban J connectivity index is 2.06. The average molecular weight is 308 g/mol. The summed E-state index contributed by atoms with van der Waals surface area (Å²) in [6, 6.07) is 2.26. The van der Waals surface area contributed by atoms with Crippen molar-refractivity contribution in [3.63, 3.8) is 0 Å². The van der Waals surface area contributed by atoms with Gasteiger partial charge in [-0.1, -0.05) is 0 Å². The van der Waals surface area contributed by atoms with Gasteiger partial charge >= 0.3 is 15.6 Å². The zero-order valence-electron chi connectivity index (χ0n) is 10.1. The van der Waals surface area contributed by atoms with Crippen LogP contribution in [0.25, 0.3) is 0 Å². The molecule has 2 aliphatic rings. The molecule has 0 spiro atoms. The highest BCUT2D eigenvalue weighted by molar-refractivity contribution is 7.88. The van der Waals surface area contributed by atoms with Gasteiger partial charge in [0.2, 0.25) is 0 Å². The summed E-state index contributed by atoms with van der Waals surface area (Å²) in [4.78, 5) is 0. The molecule has 1 saturated carbocycles. The number of benzene rings is 1. The highest BCUT2D eigenvalue weighted by Gasteiger charge is 2.50. The van der Waals surface area contributed by atoms with Gasteiger partial charge < -0.3 is 9.29 Å². The fourth-order valence-electron chi connectivity index (χ4n) is 3.20. The van der Waals surface area contributed by atoms with Crippen molar-refractivity contribution in [2.24, 2.45) is 0 Å². The molecule has 4 nitrogen and oxygen atoms in total. The Kier molecular flexibility index (Phi) is 2.73. The van der Waals surface area contributed by atoms with E-state index < -0.39 is 15.6 Å². The summed E-state index contributed by atoms with van der Waals surface area (Å²) in [5.74, 6) is -0.293. The van der Waals surface area contributed by atoms with E-state index in [0.717, 1.165) is 25.3 Å². The van der Waals surface area contributed by atoms with Gasteiger partial charge in [-0.25, -0.2) is 0 Å². The van der Waals surface area contributed by atoms with Crippen LogP contribution in [0.15, 0.2) is 12.1 Å². The number of alkyl halides is 3. The molecule has 2 aliphatic carbocycles. The molecule has 3 rings (SSSR count). The van der Waals surface area contributed by atoms with Crippen molar-refractivity contribution in [3.05, 3.63) is 23.3 Å². The predicted molar refractivity (Wildman–Crippen MR) is 63.0 cm³/mol. The third-order valence-corrected chi connectivity index (χ3v) is 4.92. The molecule has 2 bridgehead atoms. The van der Waals surface area contributed by atoms with Crippen LogP contribution in [-0.4, -0.2) is 19.0 Å². The molecule has 110 valence electrons. The van der Waals surface area contributed by atoms with Crippen molar-refractivity contribution in [1.29, 1.82) is 0 Å². The smallest absolute Gasteiger partial charge is 0.508 e. The van der Waals surface area contributed by atoms with Gasteiger partial charge in [-0.15, -0.1) is 0 Å². The predicted octanol–water partition coefficient (Wildman–Crippen LogP) is 2.99. The molecular weight excluding hydrogens is 297 g/mol. The Bertz CT molecular complexity index is 666. The van der Waals surface area contributed by atoms with Crippen molar-refractivity contribution < 1.29 is 30.9 Å². The van der Waals surface area contributed by atoms with Crippen molar-refractivity contribution in [3.8, 4) is 11.5 Å². The lowest BCUT2D eigenvalue weighted by molar-refractivity contribution is -0.0500. The molecule has 1 aromatic rings. The van der Waals surface area contributed by atoms with Gasteiger partial charge in [-0.2, -0.15) is 21.6 Å². The van der Waals surface area contributed by atoms with Crippen LogP contribution in [0.3, 0.4) is 0 Å². The molecule has 0 amide bonds. The van der Waals surface area contributed by atoms with E-state index >= 15 is 0 Å². The van der Waals surface area contributed by atoms with Gasteiger partial charge in [0.25, 0.3) is 0 Å². The highest BCUT2D eigenvalue weighted by Crippen LogP contribution is 2.58. The summed E-state index contributed by atoms with van der Waals surface area (Å²) in [7, 11) is -5.68. The molecule has 0 saturated heterocycles. The van der Waals surface area contributed by atoms with E-state index in [2.05, 4.69) is 4.18 Å². The summed E-state index contributed by atoms with van der Waals surface area (Å²) in [5.41, 5.74) is -4.51. The first-order chi connectivity index (χ1) is 9.21. The maximum absolute atomic E-state index is 12.4. The summed E-state index contributed by atoms with van der Waals surface area (Å²) in [6.45, 7) is 0. The third-order valence-electron chi connectivity index (χ3n) is 3.96. The second-order valence-corrected chi connectivity index (χ2v) is 6.64. The zero-order valence-corrected chi connectivity index (χ0v) is 11.0. The number of phenols is 1. The summed E-state index contributed by atoms with van der Waals surface area (Å²) >= 11 is 0. The number of hydrogen-bond donors (Lipinski definition) is 1. The Morgan fingerprint density at radius 3 is 2.35 bits per heavy atom. The second-order valence-electron chi connectivity index (χ2n) is 5.10. The normalized spacial score (nSPS) is 24.8. The van der Waals surface area contributed by atoms with Crippen molar-refractivity contribution in [2.45, 2.75) is 36.6 Å². The quantitative estimate of drug-likeness (QED) is 0.674. The van der Waals surface area contributed by atoms with E-state index in [9.17, 15) is 26.7 Å². The number of rotatable bonds is 2. The van der Waals surface area contributed by atoms with E-state index in [-0.39, 0.29) is 23.3 Å². The molecule has 20 heavy (non-hydrogen) atoms. The SMILES string of the molecule is O=S(=O)(Oc1ccc(O)c2c1C1CCC2C1)C(F)(F)F.